The molecule has 1 heterocycles. The van der Waals surface area contributed by atoms with Gasteiger partial charge in [-0.25, -0.2) is 9.67 Å². The van der Waals surface area contributed by atoms with Crippen molar-refractivity contribution in [2.45, 2.75) is 13.5 Å². The van der Waals surface area contributed by atoms with E-state index >= 15 is 0 Å². The molecule has 0 saturated carbocycles. The van der Waals surface area contributed by atoms with Crippen LogP contribution in [-0.4, -0.2) is 39.8 Å². The molecular weight excluding hydrogens is 214 g/mol. The van der Waals surface area contributed by atoms with Gasteiger partial charge in [0.15, 0.2) is 6.61 Å². The standard InChI is InChI=1S/C8H13N5O3/c1-2-10-6(14)4-16-7(15)3-13-5-11-8(9)12-13/h5H,2-4H2,1H3,(H2,9,12)(H,10,14). The molecule has 0 aromatic carbocycles. The van der Waals surface area contributed by atoms with Gasteiger partial charge in [0.1, 0.15) is 12.9 Å². The predicted molar refractivity (Wildman–Crippen MR) is 54.1 cm³/mol. The third-order valence-corrected chi connectivity index (χ3v) is 1.58. The van der Waals surface area contributed by atoms with Crippen molar-refractivity contribution >= 4 is 17.8 Å². The van der Waals surface area contributed by atoms with E-state index in [1.54, 1.807) is 6.92 Å². The maximum absolute atomic E-state index is 11.2. The second kappa shape index (κ2) is 5.69. The summed E-state index contributed by atoms with van der Waals surface area (Å²) in [6, 6.07) is 0. The number of nitrogens with zero attached hydrogens (tertiary/aromatic N) is 3. The summed E-state index contributed by atoms with van der Waals surface area (Å²) < 4.78 is 5.92. The molecule has 8 heteroatoms. The maximum atomic E-state index is 11.2. The van der Waals surface area contributed by atoms with E-state index in [0.717, 1.165) is 0 Å². The number of hydrogen-bond donors (Lipinski definition) is 2. The zero-order chi connectivity index (χ0) is 12.0. The van der Waals surface area contributed by atoms with Gasteiger partial charge in [0.25, 0.3) is 5.91 Å². The van der Waals surface area contributed by atoms with E-state index < -0.39 is 5.97 Å². The zero-order valence-electron chi connectivity index (χ0n) is 8.84. The Morgan fingerprint density at radius 2 is 2.38 bits per heavy atom. The van der Waals surface area contributed by atoms with Crippen molar-refractivity contribution < 1.29 is 14.3 Å². The highest BCUT2D eigenvalue weighted by atomic mass is 16.5. The number of aromatic nitrogens is 3. The number of likely N-dealkylation sites (N-methyl/N-ethyl adjacent to an activating group) is 1. The molecule has 0 aliphatic heterocycles. The smallest absolute Gasteiger partial charge is 0.328 e. The number of carbonyl (C=O) groups is 2. The highest BCUT2D eigenvalue weighted by molar-refractivity contribution is 5.80. The van der Waals surface area contributed by atoms with Crippen molar-refractivity contribution in [2.75, 3.05) is 18.9 Å². The van der Waals surface area contributed by atoms with Crippen molar-refractivity contribution in [2.24, 2.45) is 0 Å². The van der Waals surface area contributed by atoms with Crippen LogP contribution in [0.2, 0.25) is 0 Å². The number of hydrogen-bond acceptors (Lipinski definition) is 6. The number of rotatable bonds is 5. The summed E-state index contributed by atoms with van der Waals surface area (Å²) in [6.45, 7) is 1.86. The van der Waals surface area contributed by atoms with Gasteiger partial charge in [0, 0.05) is 6.54 Å². The molecule has 1 amide bonds. The van der Waals surface area contributed by atoms with Crippen molar-refractivity contribution in [3.8, 4) is 0 Å². The van der Waals surface area contributed by atoms with Gasteiger partial charge in [0.05, 0.1) is 0 Å². The molecule has 0 fully saturated rings. The van der Waals surface area contributed by atoms with Crippen LogP contribution < -0.4 is 11.1 Å². The Morgan fingerprint density at radius 3 is 2.94 bits per heavy atom. The van der Waals surface area contributed by atoms with Crippen LogP contribution in [0.1, 0.15) is 6.92 Å². The van der Waals surface area contributed by atoms with E-state index in [-0.39, 0.29) is 25.0 Å². The molecule has 0 aliphatic rings. The number of carbonyl (C=O) groups excluding carboxylic acids is 2. The Morgan fingerprint density at radius 1 is 1.62 bits per heavy atom. The van der Waals surface area contributed by atoms with Crippen LogP contribution in [0.5, 0.6) is 0 Å². The number of nitrogens with one attached hydrogen (secondary N) is 1. The highest BCUT2D eigenvalue weighted by Crippen LogP contribution is 1.91. The maximum Gasteiger partial charge on any atom is 0.328 e. The molecule has 0 saturated heterocycles. The predicted octanol–water partition coefficient (Wildman–Crippen LogP) is -1.46. The number of esters is 1. The van der Waals surface area contributed by atoms with E-state index in [4.69, 9.17) is 5.73 Å². The van der Waals surface area contributed by atoms with Gasteiger partial charge in [-0.1, -0.05) is 0 Å². The van der Waals surface area contributed by atoms with E-state index in [1.165, 1.54) is 11.0 Å². The number of anilines is 1. The molecule has 88 valence electrons. The molecule has 1 aromatic heterocycles. The van der Waals surface area contributed by atoms with Gasteiger partial charge in [-0.05, 0) is 6.92 Å². The topological polar surface area (TPSA) is 112 Å². The Labute approximate surface area is 91.8 Å². The monoisotopic (exact) mass is 227 g/mol. The fraction of sp³-hybridized carbons (Fsp3) is 0.500. The summed E-state index contributed by atoms with van der Waals surface area (Å²) >= 11 is 0. The summed E-state index contributed by atoms with van der Waals surface area (Å²) in [6.07, 6.45) is 1.31. The highest BCUT2D eigenvalue weighted by Gasteiger charge is 2.08. The molecule has 0 spiro atoms. The number of ether oxygens (including phenoxy) is 1. The van der Waals surface area contributed by atoms with Crippen LogP contribution in [0.4, 0.5) is 5.95 Å². The van der Waals surface area contributed by atoms with Gasteiger partial charge in [-0.15, -0.1) is 5.10 Å². The second-order valence-corrected chi connectivity index (χ2v) is 2.91. The van der Waals surface area contributed by atoms with Crippen LogP contribution in [0.25, 0.3) is 0 Å². The quantitative estimate of drug-likeness (QED) is 0.594. The van der Waals surface area contributed by atoms with Crippen LogP contribution in [0, 0.1) is 0 Å². The zero-order valence-corrected chi connectivity index (χ0v) is 8.84. The first kappa shape index (κ1) is 12.0. The Kier molecular flexibility index (Phi) is 4.25. The lowest BCUT2D eigenvalue weighted by Gasteiger charge is -2.04. The first-order valence-electron chi connectivity index (χ1n) is 4.69. The van der Waals surface area contributed by atoms with Gasteiger partial charge < -0.3 is 15.8 Å². The number of amides is 1. The molecule has 0 unspecified atom stereocenters. The van der Waals surface area contributed by atoms with Crippen LogP contribution in [0.3, 0.4) is 0 Å². The van der Waals surface area contributed by atoms with E-state index in [9.17, 15) is 9.59 Å². The third-order valence-electron chi connectivity index (χ3n) is 1.58. The molecular formula is C8H13N5O3. The van der Waals surface area contributed by atoms with Crippen LogP contribution in [-0.2, 0) is 20.9 Å². The Hall–Kier alpha value is -2.12. The van der Waals surface area contributed by atoms with Gasteiger partial charge in [0.2, 0.25) is 5.95 Å². The minimum atomic E-state index is -0.573. The molecule has 0 atom stereocenters. The van der Waals surface area contributed by atoms with Crippen molar-refractivity contribution in [1.29, 1.82) is 0 Å². The summed E-state index contributed by atoms with van der Waals surface area (Å²) in [5.74, 6) is -0.832. The lowest BCUT2D eigenvalue weighted by atomic mass is 10.6. The molecule has 0 aliphatic carbocycles. The number of nitrogen functional groups attached to an aromatic ring is 1. The molecule has 8 nitrogen and oxygen atoms in total. The van der Waals surface area contributed by atoms with E-state index in [2.05, 4.69) is 20.1 Å². The lowest BCUT2D eigenvalue weighted by Crippen LogP contribution is -2.29. The van der Waals surface area contributed by atoms with E-state index in [0.29, 0.717) is 6.54 Å². The molecule has 1 aromatic rings. The molecule has 3 N–H and O–H groups in total. The normalized spacial score (nSPS) is 9.81. The van der Waals surface area contributed by atoms with Gasteiger partial charge in [-0.2, -0.15) is 0 Å². The second-order valence-electron chi connectivity index (χ2n) is 2.91. The lowest BCUT2D eigenvalue weighted by molar-refractivity contribution is -0.149. The Balaban J connectivity index is 2.28. The van der Waals surface area contributed by atoms with Crippen molar-refractivity contribution in [1.82, 2.24) is 20.1 Å². The van der Waals surface area contributed by atoms with Gasteiger partial charge in [-0.3, -0.25) is 9.59 Å². The summed E-state index contributed by atoms with van der Waals surface area (Å²) in [5.41, 5.74) is 5.26. The first-order chi connectivity index (χ1) is 7.61. The van der Waals surface area contributed by atoms with E-state index in [1.807, 2.05) is 0 Å². The summed E-state index contributed by atoms with van der Waals surface area (Å²) in [4.78, 5) is 25.8. The van der Waals surface area contributed by atoms with Crippen LogP contribution in [0.15, 0.2) is 6.33 Å². The minimum absolute atomic E-state index is 0.0801. The average molecular weight is 227 g/mol. The Bertz CT molecular complexity index is 376. The number of nitrogens with two attached hydrogens (primary N) is 1. The summed E-state index contributed by atoms with van der Waals surface area (Å²) in [7, 11) is 0. The fourth-order valence-electron chi connectivity index (χ4n) is 0.957. The van der Waals surface area contributed by atoms with Crippen molar-refractivity contribution in [3.05, 3.63) is 6.33 Å². The summed E-state index contributed by atoms with van der Waals surface area (Å²) in [5, 5.41) is 6.19. The third kappa shape index (κ3) is 3.95. The molecule has 0 bridgehead atoms. The minimum Gasteiger partial charge on any atom is -0.454 e. The fourth-order valence-corrected chi connectivity index (χ4v) is 0.957. The molecule has 0 radical (unpaired) electrons. The molecule has 16 heavy (non-hydrogen) atoms. The average Bonchev–Trinajstić information content (AvgIpc) is 2.61. The van der Waals surface area contributed by atoms with Crippen molar-refractivity contribution in [3.63, 3.8) is 0 Å². The molecule has 1 rings (SSSR count). The van der Waals surface area contributed by atoms with Gasteiger partial charge >= 0.3 is 5.97 Å². The SMILES string of the molecule is CCNC(=O)COC(=O)Cn1cnc(N)n1. The first-order valence-corrected chi connectivity index (χ1v) is 4.69. The largest absolute Gasteiger partial charge is 0.454 e. The van der Waals surface area contributed by atoms with Crippen LogP contribution >= 0.6 is 0 Å².